The molecule has 4 rings (SSSR count). The zero-order valence-electron chi connectivity index (χ0n) is 15.2. The van der Waals surface area contributed by atoms with E-state index in [1.54, 1.807) is 0 Å². The summed E-state index contributed by atoms with van der Waals surface area (Å²) in [7, 11) is -0.553. The van der Waals surface area contributed by atoms with Crippen molar-refractivity contribution in [2.45, 2.75) is 25.5 Å². The van der Waals surface area contributed by atoms with Crippen LogP contribution in [0.25, 0.3) is 0 Å². The quantitative estimate of drug-likeness (QED) is 0.722. The first-order chi connectivity index (χ1) is 12.7. The Balaban J connectivity index is 1.71. The third-order valence-electron chi connectivity index (χ3n) is 4.93. The molecule has 0 saturated carbocycles. The molecular weight excluding hydrogens is 337 g/mol. The molecule has 0 bridgehead atoms. The number of hydrogen-bond acceptors (Lipinski definition) is 2. The molecule has 0 amide bonds. The Labute approximate surface area is 157 Å². The predicted molar refractivity (Wildman–Crippen MR) is 112 cm³/mol. The fourth-order valence-electron chi connectivity index (χ4n) is 3.43. The summed E-state index contributed by atoms with van der Waals surface area (Å²) in [6.07, 6.45) is 6.67. The zero-order chi connectivity index (χ0) is 17.9. The Kier molecular flexibility index (Phi) is 5.04. The van der Waals surface area contributed by atoms with E-state index in [-0.39, 0.29) is 6.04 Å². The van der Waals surface area contributed by atoms with Gasteiger partial charge in [0.1, 0.15) is 6.61 Å². The number of allylic oxidation sites excluding steroid dienone is 3. The van der Waals surface area contributed by atoms with Gasteiger partial charge in [-0.3, -0.25) is 0 Å². The summed E-state index contributed by atoms with van der Waals surface area (Å²) in [5, 5.41) is 2.77. The van der Waals surface area contributed by atoms with Crippen molar-refractivity contribution in [2.75, 3.05) is 6.61 Å². The van der Waals surface area contributed by atoms with E-state index in [2.05, 4.69) is 92.7 Å². The number of nitrogens with zero attached hydrogens (tertiary/aromatic N) is 1. The number of rotatable bonds is 5. The summed E-state index contributed by atoms with van der Waals surface area (Å²) in [6, 6.07) is 22.0. The maximum atomic E-state index is 6.02. The lowest BCUT2D eigenvalue weighted by Gasteiger charge is -2.26. The topological polar surface area (TPSA) is 21.6 Å². The molecule has 1 heterocycles. The summed E-state index contributed by atoms with van der Waals surface area (Å²) in [5.74, 6) is 1.35. The van der Waals surface area contributed by atoms with Crippen LogP contribution < -0.4 is 10.6 Å². The van der Waals surface area contributed by atoms with Crippen molar-refractivity contribution in [1.29, 1.82) is 0 Å². The molecule has 1 unspecified atom stereocenters. The number of benzene rings is 2. The van der Waals surface area contributed by atoms with E-state index < -0.39 is 7.92 Å². The largest absolute Gasteiger partial charge is 0.475 e. The smallest absolute Gasteiger partial charge is 0.213 e. The molecule has 26 heavy (non-hydrogen) atoms. The second-order valence-electron chi connectivity index (χ2n) is 7.05. The zero-order valence-corrected chi connectivity index (χ0v) is 16.1. The minimum Gasteiger partial charge on any atom is -0.475 e. The lowest BCUT2D eigenvalue weighted by molar-refractivity contribution is 0.291. The molecule has 0 radical (unpaired) electrons. The number of aliphatic imine (C=N–C) groups is 1. The third-order valence-corrected chi connectivity index (χ3v) is 7.64. The highest BCUT2D eigenvalue weighted by molar-refractivity contribution is 7.74. The van der Waals surface area contributed by atoms with Gasteiger partial charge in [-0.2, -0.15) is 0 Å². The third kappa shape index (κ3) is 3.39. The number of ether oxygens (including phenoxy) is 1. The van der Waals surface area contributed by atoms with E-state index in [0.717, 1.165) is 5.90 Å². The van der Waals surface area contributed by atoms with Crippen LogP contribution in [-0.2, 0) is 4.74 Å². The van der Waals surface area contributed by atoms with E-state index in [9.17, 15) is 0 Å². The SMILES string of the molecule is CC(C)[C@@H]1COC(C2=CC=CC2P(c2ccccc2)c2ccccc2)=N1. The summed E-state index contributed by atoms with van der Waals surface area (Å²) in [4.78, 5) is 4.89. The molecule has 2 aromatic carbocycles. The molecule has 3 heteroatoms. The van der Waals surface area contributed by atoms with Crippen LogP contribution in [0.5, 0.6) is 0 Å². The minimum atomic E-state index is -0.553. The molecule has 2 aromatic rings. The van der Waals surface area contributed by atoms with Gasteiger partial charge in [0, 0.05) is 11.2 Å². The highest BCUT2D eigenvalue weighted by Gasteiger charge is 2.33. The van der Waals surface area contributed by atoms with E-state index in [1.165, 1.54) is 16.2 Å². The van der Waals surface area contributed by atoms with Crippen LogP contribution >= 0.6 is 7.92 Å². The number of hydrogen-bond donors (Lipinski definition) is 0. The van der Waals surface area contributed by atoms with Gasteiger partial charge in [-0.15, -0.1) is 0 Å². The molecule has 0 aromatic heterocycles. The molecule has 2 atom stereocenters. The molecule has 0 fully saturated rings. The van der Waals surface area contributed by atoms with Crippen LogP contribution in [0.3, 0.4) is 0 Å². The van der Waals surface area contributed by atoms with Crippen LogP contribution in [0.4, 0.5) is 0 Å². The Bertz CT molecular complexity index is 800. The van der Waals surface area contributed by atoms with Crippen LogP contribution in [0.15, 0.2) is 89.5 Å². The maximum absolute atomic E-state index is 6.02. The maximum Gasteiger partial charge on any atom is 0.213 e. The predicted octanol–water partition coefficient (Wildman–Crippen LogP) is 4.44. The molecule has 2 aliphatic rings. The standard InChI is InChI=1S/C23H24NOP/c1-17(2)21-16-25-23(24-21)20-14-9-15-22(20)26(18-10-5-3-6-11-18)19-12-7-4-8-13-19/h3-15,17,21-22H,16H2,1-2H3/t21-,22?/m0/s1. The van der Waals surface area contributed by atoms with E-state index in [4.69, 9.17) is 9.73 Å². The van der Waals surface area contributed by atoms with Gasteiger partial charge in [0.15, 0.2) is 0 Å². The fraction of sp³-hybridized carbons (Fsp3) is 0.261. The van der Waals surface area contributed by atoms with Gasteiger partial charge in [-0.05, 0) is 24.4 Å². The average Bonchev–Trinajstić information content (AvgIpc) is 3.33. The average molecular weight is 361 g/mol. The Hall–Kier alpha value is -2.18. The van der Waals surface area contributed by atoms with Gasteiger partial charge in [-0.1, -0.05) is 92.7 Å². The van der Waals surface area contributed by atoms with E-state index in [1.807, 2.05) is 0 Å². The highest BCUT2D eigenvalue weighted by atomic mass is 31.1. The van der Waals surface area contributed by atoms with E-state index in [0.29, 0.717) is 18.2 Å². The molecular formula is C23H24NOP. The van der Waals surface area contributed by atoms with Crippen molar-refractivity contribution >= 4 is 24.4 Å². The summed E-state index contributed by atoms with van der Waals surface area (Å²) in [5.41, 5.74) is 1.53. The molecule has 1 aliphatic carbocycles. The first kappa shape index (κ1) is 17.2. The normalized spacial score (nSPS) is 21.8. The molecule has 132 valence electrons. The van der Waals surface area contributed by atoms with Crippen molar-refractivity contribution in [2.24, 2.45) is 10.9 Å². The Morgan fingerprint density at radius 3 is 2.12 bits per heavy atom. The van der Waals surface area contributed by atoms with Crippen LogP contribution in [-0.4, -0.2) is 24.2 Å². The van der Waals surface area contributed by atoms with Gasteiger partial charge in [0.25, 0.3) is 0 Å². The highest BCUT2D eigenvalue weighted by Crippen LogP contribution is 2.46. The molecule has 2 nitrogen and oxygen atoms in total. The molecule has 0 N–H and O–H groups in total. The Morgan fingerprint density at radius 2 is 1.58 bits per heavy atom. The van der Waals surface area contributed by atoms with Crippen molar-refractivity contribution in [3.63, 3.8) is 0 Å². The second-order valence-corrected chi connectivity index (χ2v) is 9.38. The van der Waals surface area contributed by atoms with Crippen molar-refractivity contribution < 1.29 is 4.74 Å². The monoisotopic (exact) mass is 361 g/mol. The molecule has 1 aliphatic heterocycles. The van der Waals surface area contributed by atoms with Gasteiger partial charge in [0.2, 0.25) is 5.90 Å². The van der Waals surface area contributed by atoms with Crippen LogP contribution in [0, 0.1) is 5.92 Å². The van der Waals surface area contributed by atoms with Crippen LogP contribution in [0.1, 0.15) is 13.8 Å². The first-order valence-electron chi connectivity index (χ1n) is 9.23. The van der Waals surface area contributed by atoms with Gasteiger partial charge < -0.3 is 4.74 Å². The van der Waals surface area contributed by atoms with Crippen molar-refractivity contribution in [1.82, 2.24) is 0 Å². The fourth-order valence-corrected chi connectivity index (χ4v) is 6.10. The molecule has 0 spiro atoms. The van der Waals surface area contributed by atoms with Crippen molar-refractivity contribution in [3.05, 3.63) is 84.5 Å². The van der Waals surface area contributed by atoms with Gasteiger partial charge in [0.05, 0.1) is 6.04 Å². The summed E-state index contributed by atoms with van der Waals surface area (Å²) in [6.45, 7) is 5.12. The van der Waals surface area contributed by atoms with Crippen molar-refractivity contribution in [3.8, 4) is 0 Å². The Morgan fingerprint density at radius 1 is 0.962 bits per heavy atom. The van der Waals surface area contributed by atoms with Crippen LogP contribution in [0.2, 0.25) is 0 Å². The second kappa shape index (κ2) is 7.60. The summed E-state index contributed by atoms with van der Waals surface area (Å²) < 4.78 is 6.02. The lowest BCUT2D eigenvalue weighted by Crippen LogP contribution is -2.24. The first-order valence-corrected chi connectivity index (χ1v) is 10.6. The minimum absolute atomic E-state index is 0.270. The molecule has 0 saturated heterocycles. The van der Waals surface area contributed by atoms with Gasteiger partial charge in [-0.25, -0.2) is 4.99 Å². The van der Waals surface area contributed by atoms with E-state index >= 15 is 0 Å². The van der Waals surface area contributed by atoms with Gasteiger partial charge >= 0.3 is 0 Å². The lowest BCUT2D eigenvalue weighted by atomic mass is 10.1. The summed E-state index contributed by atoms with van der Waals surface area (Å²) >= 11 is 0.